The van der Waals surface area contributed by atoms with Gasteiger partial charge in [0, 0.05) is 30.0 Å². The minimum Gasteiger partial charge on any atom is -0.348 e. The average Bonchev–Trinajstić information content (AvgIpc) is 3.52. The van der Waals surface area contributed by atoms with Crippen LogP contribution in [0.25, 0.3) is 17.0 Å². The summed E-state index contributed by atoms with van der Waals surface area (Å²) in [5.74, 6) is 0.0879. The molecule has 10 nitrogen and oxygen atoms in total. The van der Waals surface area contributed by atoms with Crippen LogP contribution in [0.2, 0.25) is 0 Å². The Hall–Kier alpha value is -4.93. The third kappa shape index (κ3) is 4.10. The zero-order chi connectivity index (χ0) is 25.5. The summed E-state index contributed by atoms with van der Waals surface area (Å²) in [5.41, 5.74) is 4.94. The van der Waals surface area contributed by atoms with Crippen molar-refractivity contribution >= 4 is 28.8 Å². The molecule has 37 heavy (non-hydrogen) atoms. The summed E-state index contributed by atoms with van der Waals surface area (Å²) in [4.78, 5) is 41.1. The van der Waals surface area contributed by atoms with Gasteiger partial charge in [0.05, 0.1) is 12.0 Å². The topological polar surface area (TPSA) is 130 Å². The normalized spacial score (nSPS) is 14.9. The summed E-state index contributed by atoms with van der Waals surface area (Å²) in [6.07, 6.45) is 3.19. The maximum atomic E-state index is 13.1. The predicted octanol–water partition coefficient (Wildman–Crippen LogP) is 3.39. The maximum absolute atomic E-state index is 13.1. The van der Waals surface area contributed by atoms with E-state index in [1.54, 1.807) is 28.9 Å². The number of hydrogen-bond donors (Lipinski definition) is 3. The van der Waals surface area contributed by atoms with Crippen molar-refractivity contribution in [3.8, 4) is 5.82 Å². The molecule has 0 radical (unpaired) electrons. The lowest BCUT2D eigenvalue weighted by Crippen LogP contribution is -2.25. The predicted molar refractivity (Wildman–Crippen MR) is 133 cm³/mol. The van der Waals surface area contributed by atoms with Gasteiger partial charge in [-0.15, -0.1) is 0 Å². The molecule has 0 spiro atoms. The summed E-state index contributed by atoms with van der Waals surface area (Å²) in [5, 5.41) is 10.5. The van der Waals surface area contributed by atoms with Crippen LogP contribution in [0.1, 0.15) is 45.1 Å². The van der Waals surface area contributed by atoms with Gasteiger partial charge in [-0.1, -0.05) is 24.3 Å². The van der Waals surface area contributed by atoms with Gasteiger partial charge in [0.2, 0.25) is 5.91 Å². The number of benzene rings is 2. The third-order valence-electron chi connectivity index (χ3n) is 6.45. The molecule has 0 aliphatic carbocycles. The largest absolute Gasteiger partial charge is 0.348 e. The van der Waals surface area contributed by atoms with Crippen molar-refractivity contribution in [1.82, 2.24) is 35.0 Å². The van der Waals surface area contributed by atoms with Crippen LogP contribution in [0.5, 0.6) is 0 Å². The number of amides is 2. The van der Waals surface area contributed by atoms with Crippen LogP contribution in [0.3, 0.4) is 0 Å². The van der Waals surface area contributed by atoms with Gasteiger partial charge in [-0.25, -0.2) is 19.3 Å². The second-order valence-electron chi connectivity index (χ2n) is 8.79. The van der Waals surface area contributed by atoms with Gasteiger partial charge in [-0.2, -0.15) is 9.78 Å². The molecule has 3 aromatic heterocycles. The molecule has 2 amide bonds. The van der Waals surface area contributed by atoms with E-state index in [1.807, 2.05) is 19.1 Å². The summed E-state index contributed by atoms with van der Waals surface area (Å²) >= 11 is 0. The second kappa shape index (κ2) is 8.94. The zero-order valence-electron chi connectivity index (χ0n) is 19.7. The van der Waals surface area contributed by atoms with Crippen LogP contribution < -0.4 is 10.6 Å². The Bertz CT molecular complexity index is 1640. The number of nitrogens with zero attached hydrogens (tertiary/aromatic N) is 5. The van der Waals surface area contributed by atoms with E-state index in [2.05, 4.69) is 35.7 Å². The Morgan fingerprint density at radius 3 is 2.68 bits per heavy atom. The van der Waals surface area contributed by atoms with Crippen LogP contribution in [-0.2, 0) is 11.3 Å². The van der Waals surface area contributed by atoms with Gasteiger partial charge in [0.15, 0.2) is 11.5 Å². The number of anilines is 1. The first-order valence-corrected chi connectivity index (χ1v) is 11.6. The van der Waals surface area contributed by atoms with E-state index >= 15 is 0 Å². The van der Waals surface area contributed by atoms with Crippen LogP contribution in [0.15, 0.2) is 61.2 Å². The van der Waals surface area contributed by atoms with Crippen molar-refractivity contribution in [2.45, 2.75) is 25.8 Å². The molecule has 3 N–H and O–H groups in total. The van der Waals surface area contributed by atoms with Crippen LogP contribution >= 0.6 is 0 Å². The Balaban J connectivity index is 1.28. The fourth-order valence-corrected chi connectivity index (χ4v) is 4.65. The molecule has 0 bridgehead atoms. The number of carbonyl (C=O) groups is 2. The Labute approximate surface area is 210 Å². The van der Waals surface area contributed by atoms with Crippen molar-refractivity contribution in [2.75, 3.05) is 5.32 Å². The molecule has 0 fully saturated rings. The SMILES string of the molecule is Cc1nn(-c2ncnc3nc[nH]c23)c2c1[C@H](c1ccc(C(=O)NCc3ccc(F)cc3)cc1)CC(=O)N2. The number of H-pyrrole nitrogens is 1. The molecule has 5 aromatic rings. The smallest absolute Gasteiger partial charge is 0.251 e. The number of fused-ring (bicyclic) bond motifs is 2. The molecular formula is C26H21FN8O2. The van der Waals surface area contributed by atoms with Crippen LogP contribution in [0, 0.1) is 12.7 Å². The monoisotopic (exact) mass is 496 g/mol. The highest BCUT2D eigenvalue weighted by Gasteiger charge is 2.33. The van der Waals surface area contributed by atoms with Gasteiger partial charge in [-0.3, -0.25) is 9.59 Å². The maximum Gasteiger partial charge on any atom is 0.251 e. The molecule has 2 aromatic carbocycles. The van der Waals surface area contributed by atoms with E-state index in [1.165, 1.54) is 24.8 Å². The number of aromatic amines is 1. The number of aryl methyl sites for hydroxylation is 1. The van der Waals surface area contributed by atoms with Crippen LogP contribution in [0.4, 0.5) is 10.2 Å². The molecule has 0 saturated heterocycles. The number of imidazole rings is 1. The number of aromatic nitrogens is 6. The first-order chi connectivity index (χ1) is 18.0. The Kier molecular flexibility index (Phi) is 5.44. The molecule has 11 heteroatoms. The molecule has 4 heterocycles. The van der Waals surface area contributed by atoms with Crippen molar-refractivity contribution < 1.29 is 14.0 Å². The fourth-order valence-electron chi connectivity index (χ4n) is 4.65. The molecule has 184 valence electrons. The van der Waals surface area contributed by atoms with E-state index in [0.29, 0.717) is 28.4 Å². The number of carbonyl (C=O) groups excluding carboxylic acids is 2. The lowest BCUT2D eigenvalue weighted by Gasteiger charge is -2.24. The van der Waals surface area contributed by atoms with E-state index in [0.717, 1.165) is 22.4 Å². The van der Waals surface area contributed by atoms with E-state index in [4.69, 9.17) is 0 Å². The number of hydrogen-bond acceptors (Lipinski definition) is 6. The lowest BCUT2D eigenvalue weighted by atomic mass is 9.85. The van der Waals surface area contributed by atoms with Gasteiger partial charge < -0.3 is 15.6 Å². The lowest BCUT2D eigenvalue weighted by molar-refractivity contribution is -0.116. The van der Waals surface area contributed by atoms with Crippen molar-refractivity contribution in [3.05, 3.63) is 95.0 Å². The van der Waals surface area contributed by atoms with E-state index in [9.17, 15) is 14.0 Å². The summed E-state index contributed by atoms with van der Waals surface area (Å²) in [7, 11) is 0. The molecule has 6 rings (SSSR count). The Morgan fingerprint density at radius 1 is 1.11 bits per heavy atom. The highest BCUT2D eigenvalue weighted by molar-refractivity contribution is 5.96. The summed E-state index contributed by atoms with van der Waals surface area (Å²) < 4.78 is 14.7. The Morgan fingerprint density at radius 2 is 1.89 bits per heavy atom. The highest BCUT2D eigenvalue weighted by atomic mass is 19.1. The standard InChI is InChI=1S/C26H21FN8O2/c1-14-21-19(16-4-6-17(7-5-16)26(37)28-11-15-2-8-18(27)9-3-15)10-20(36)33-24(21)35(34-14)25-22-23(30-12-29-22)31-13-32-25/h2-9,12-13,19H,10-11H2,1H3,(H,28,37)(H,33,36)(H,29,30,31,32)/t19-/m0/s1. The molecule has 0 saturated carbocycles. The minimum atomic E-state index is -0.322. The molecular weight excluding hydrogens is 475 g/mol. The molecule has 1 atom stereocenters. The van der Waals surface area contributed by atoms with Gasteiger partial charge in [0.1, 0.15) is 23.5 Å². The first-order valence-electron chi connectivity index (χ1n) is 11.6. The average molecular weight is 497 g/mol. The number of halogens is 1. The van der Waals surface area contributed by atoms with Crippen molar-refractivity contribution in [3.63, 3.8) is 0 Å². The van der Waals surface area contributed by atoms with Gasteiger partial charge in [0.25, 0.3) is 5.91 Å². The van der Waals surface area contributed by atoms with Crippen LogP contribution in [-0.4, -0.2) is 41.5 Å². The molecule has 1 aliphatic rings. The third-order valence-corrected chi connectivity index (χ3v) is 6.45. The fraction of sp³-hybridized carbons (Fsp3) is 0.154. The second-order valence-corrected chi connectivity index (χ2v) is 8.79. The minimum absolute atomic E-state index is 0.144. The summed E-state index contributed by atoms with van der Waals surface area (Å²) in [6, 6.07) is 13.2. The number of rotatable bonds is 5. The van der Waals surface area contributed by atoms with Gasteiger partial charge in [-0.05, 0) is 42.3 Å². The number of nitrogens with one attached hydrogen (secondary N) is 3. The highest BCUT2D eigenvalue weighted by Crippen LogP contribution is 2.40. The van der Waals surface area contributed by atoms with E-state index in [-0.39, 0.29) is 36.5 Å². The van der Waals surface area contributed by atoms with Gasteiger partial charge >= 0.3 is 0 Å². The van der Waals surface area contributed by atoms with Crippen molar-refractivity contribution in [2.24, 2.45) is 0 Å². The summed E-state index contributed by atoms with van der Waals surface area (Å²) in [6.45, 7) is 2.18. The van der Waals surface area contributed by atoms with E-state index < -0.39 is 0 Å². The van der Waals surface area contributed by atoms with Crippen molar-refractivity contribution in [1.29, 1.82) is 0 Å². The zero-order valence-corrected chi connectivity index (χ0v) is 19.7. The first kappa shape index (κ1) is 22.5. The molecule has 1 aliphatic heterocycles. The molecule has 0 unspecified atom stereocenters. The quantitative estimate of drug-likeness (QED) is 0.342.